The maximum atomic E-state index is 13.7. The SMILES string of the molecule is CCC(C)NCc1cc(Cl)c(OCc2ccccc2F)c(OC)c1. The van der Waals surface area contributed by atoms with Gasteiger partial charge >= 0.3 is 0 Å². The average Bonchev–Trinajstić information content (AvgIpc) is 2.59. The topological polar surface area (TPSA) is 30.5 Å². The van der Waals surface area contributed by atoms with Crippen LogP contribution in [0.4, 0.5) is 4.39 Å². The molecule has 0 heterocycles. The number of nitrogens with one attached hydrogen (secondary N) is 1. The molecule has 0 fully saturated rings. The maximum Gasteiger partial charge on any atom is 0.180 e. The molecule has 2 aromatic rings. The van der Waals surface area contributed by atoms with Gasteiger partial charge in [0, 0.05) is 18.2 Å². The van der Waals surface area contributed by atoms with Gasteiger partial charge in [0.05, 0.1) is 12.1 Å². The Morgan fingerprint density at radius 2 is 2.00 bits per heavy atom. The number of hydrogen-bond acceptors (Lipinski definition) is 3. The van der Waals surface area contributed by atoms with Crippen molar-refractivity contribution in [2.75, 3.05) is 7.11 Å². The van der Waals surface area contributed by atoms with Crippen LogP contribution in [-0.2, 0) is 13.2 Å². The Hall–Kier alpha value is -1.78. The molecular weight excluding hydrogens is 329 g/mol. The molecule has 0 radical (unpaired) electrons. The van der Waals surface area contributed by atoms with E-state index in [1.807, 2.05) is 12.1 Å². The summed E-state index contributed by atoms with van der Waals surface area (Å²) in [6.07, 6.45) is 1.05. The molecule has 24 heavy (non-hydrogen) atoms. The molecule has 0 aliphatic heterocycles. The van der Waals surface area contributed by atoms with E-state index >= 15 is 0 Å². The molecule has 0 saturated heterocycles. The van der Waals surface area contributed by atoms with Crippen molar-refractivity contribution < 1.29 is 13.9 Å². The number of methoxy groups -OCH3 is 1. The fraction of sp³-hybridized carbons (Fsp3) is 0.368. The minimum atomic E-state index is -0.304. The van der Waals surface area contributed by atoms with E-state index in [-0.39, 0.29) is 12.4 Å². The quantitative estimate of drug-likeness (QED) is 0.729. The zero-order valence-electron chi connectivity index (χ0n) is 14.2. The van der Waals surface area contributed by atoms with E-state index in [4.69, 9.17) is 21.1 Å². The van der Waals surface area contributed by atoms with Gasteiger partial charge in [-0.05, 0) is 37.1 Å². The van der Waals surface area contributed by atoms with E-state index in [1.165, 1.54) is 6.07 Å². The van der Waals surface area contributed by atoms with Crippen LogP contribution in [0.2, 0.25) is 5.02 Å². The molecule has 2 rings (SSSR count). The Labute approximate surface area is 147 Å². The van der Waals surface area contributed by atoms with Gasteiger partial charge in [-0.15, -0.1) is 0 Å². The monoisotopic (exact) mass is 351 g/mol. The van der Waals surface area contributed by atoms with Crippen LogP contribution in [0.3, 0.4) is 0 Å². The van der Waals surface area contributed by atoms with Crippen LogP contribution in [0, 0.1) is 5.82 Å². The van der Waals surface area contributed by atoms with Gasteiger partial charge in [-0.2, -0.15) is 0 Å². The molecule has 0 aliphatic carbocycles. The van der Waals surface area contributed by atoms with E-state index in [2.05, 4.69) is 19.2 Å². The van der Waals surface area contributed by atoms with Crippen molar-refractivity contribution in [2.45, 2.75) is 39.5 Å². The molecule has 1 unspecified atom stereocenters. The minimum Gasteiger partial charge on any atom is -0.493 e. The van der Waals surface area contributed by atoms with Gasteiger partial charge in [0.2, 0.25) is 0 Å². The largest absolute Gasteiger partial charge is 0.493 e. The van der Waals surface area contributed by atoms with Crippen molar-refractivity contribution >= 4 is 11.6 Å². The van der Waals surface area contributed by atoms with Crippen LogP contribution in [0.5, 0.6) is 11.5 Å². The normalized spacial score (nSPS) is 12.0. The van der Waals surface area contributed by atoms with Crippen molar-refractivity contribution in [1.82, 2.24) is 5.32 Å². The summed E-state index contributed by atoms with van der Waals surface area (Å²) in [4.78, 5) is 0. The van der Waals surface area contributed by atoms with E-state index < -0.39 is 0 Å². The summed E-state index contributed by atoms with van der Waals surface area (Å²) in [7, 11) is 1.56. The highest BCUT2D eigenvalue weighted by molar-refractivity contribution is 6.32. The highest BCUT2D eigenvalue weighted by Gasteiger charge is 2.13. The lowest BCUT2D eigenvalue weighted by Gasteiger charge is -2.16. The van der Waals surface area contributed by atoms with Gasteiger partial charge in [-0.25, -0.2) is 4.39 Å². The molecule has 0 amide bonds. The highest BCUT2D eigenvalue weighted by Crippen LogP contribution is 2.37. The zero-order valence-corrected chi connectivity index (χ0v) is 15.0. The van der Waals surface area contributed by atoms with E-state index in [1.54, 1.807) is 25.3 Å². The second-order valence-corrected chi connectivity index (χ2v) is 6.09. The average molecular weight is 352 g/mol. The summed E-state index contributed by atoms with van der Waals surface area (Å²) in [6, 6.07) is 10.7. The fourth-order valence-electron chi connectivity index (χ4n) is 2.22. The number of hydrogen-bond donors (Lipinski definition) is 1. The van der Waals surface area contributed by atoms with Gasteiger partial charge in [0.15, 0.2) is 11.5 Å². The van der Waals surface area contributed by atoms with Gasteiger partial charge in [0.1, 0.15) is 12.4 Å². The van der Waals surface area contributed by atoms with Gasteiger partial charge in [-0.3, -0.25) is 0 Å². The van der Waals surface area contributed by atoms with Crippen molar-refractivity contribution in [3.05, 3.63) is 58.4 Å². The molecule has 0 bridgehead atoms. The molecule has 1 N–H and O–H groups in total. The lowest BCUT2D eigenvalue weighted by molar-refractivity contribution is 0.279. The maximum absolute atomic E-state index is 13.7. The smallest absolute Gasteiger partial charge is 0.180 e. The minimum absolute atomic E-state index is 0.0905. The second-order valence-electron chi connectivity index (χ2n) is 5.68. The van der Waals surface area contributed by atoms with E-state index in [0.29, 0.717) is 34.7 Å². The molecule has 1 atom stereocenters. The van der Waals surface area contributed by atoms with Crippen LogP contribution in [0.15, 0.2) is 36.4 Å². The molecule has 130 valence electrons. The lowest BCUT2D eigenvalue weighted by Crippen LogP contribution is -2.24. The predicted octanol–water partition coefficient (Wildman–Crippen LogP) is 4.95. The second kappa shape index (κ2) is 8.90. The Morgan fingerprint density at radius 1 is 1.25 bits per heavy atom. The molecule has 2 aromatic carbocycles. The number of rotatable bonds is 8. The molecule has 3 nitrogen and oxygen atoms in total. The van der Waals surface area contributed by atoms with E-state index in [9.17, 15) is 4.39 Å². The van der Waals surface area contributed by atoms with Gasteiger partial charge in [-0.1, -0.05) is 36.7 Å². The first-order valence-corrected chi connectivity index (χ1v) is 8.39. The first kappa shape index (κ1) is 18.6. The third-order valence-electron chi connectivity index (χ3n) is 3.89. The number of ether oxygens (including phenoxy) is 2. The van der Waals surface area contributed by atoms with Crippen molar-refractivity contribution in [3.8, 4) is 11.5 Å². The Bertz CT molecular complexity index is 678. The standard InChI is InChI=1S/C19H23ClFNO2/c1-4-13(2)22-11-14-9-16(20)19(18(10-14)23-3)24-12-15-7-5-6-8-17(15)21/h5-10,13,22H,4,11-12H2,1-3H3. The zero-order chi connectivity index (χ0) is 17.5. The summed E-state index contributed by atoms with van der Waals surface area (Å²) < 4.78 is 24.8. The predicted molar refractivity (Wildman–Crippen MR) is 95.3 cm³/mol. The molecule has 0 aliphatic rings. The third-order valence-corrected chi connectivity index (χ3v) is 4.17. The highest BCUT2D eigenvalue weighted by atomic mass is 35.5. The summed E-state index contributed by atoms with van der Waals surface area (Å²) in [5.41, 5.74) is 1.48. The number of benzene rings is 2. The first-order valence-electron chi connectivity index (χ1n) is 8.01. The Morgan fingerprint density at radius 3 is 2.67 bits per heavy atom. The fourth-order valence-corrected chi connectivity index (χ4v) is 2.50. The molecule has 0 spiro atoms. The molecule has 5 heteroatoms. The summed E-state index contributed by atoms with van der Waals surface area (Å²) >= 11 is 6.34. The third kappa shape index (κ3) is 4.86. The van der Waals surface area contributed by atoms with E-state index in [0.717, 1.165) is 12.0 Å². The van der Waals surface area contributed by atoms with Crippen molar-refractivity contribution in [1.29, 1.82) is 0 Å². The molecular formula is C19H23ClFNO2. The van der Waals surface area contributed by atoms with Crippen LogP contribution in [-0.4, -0.2) is 13.2 Å². The Balaban J connectivity index is 2.13. The van der Waals surface area contributed by atoms with Crippen molar-refractivity contribution in [2.24, 2.45) is 0 Å². The first-order chi connectivity index (χ1) is 11.5. The molecule has 0 saturated carbocycles. The van der Waals surface area contributed by atoms with Crippen LogP contribution >= 0.6 is 11.6 Å². The summed E-state index contributed by atoms with van der Waals surface area (Å²) in [5, 5.41) is 3.86. The summed E-state index contributed by atoms with van der Waals surface area (Å²) in [5.74, 6) is 0.663. The Kier molecular flexibility index (Phi) is 6.88. The lowest BCUT2D eigenvalue weighted by atomic mass is 10.1. The molecule has 0 aromatic heterocycles. The van der Waals surface area contributed by atoms with Crippen LogP contribution in [0.25, 0.3) is 0 Å². The van der Waals surface area contributed by atoms with Crippen LogP contribution in [0.1, 0.15) is 31.4 Å². The van der Waals surface area contributed by atoms with Gasteiger partial charge in [0.25, 0.3) is 0 Å². The number of halogens is 2. The van der Waals surface area contributed by atoms with Crippen molar-refractivity contribution in [3.63, 3.8) is 0 Å². The van der Waals surface area contributed by atoms with Gasteiger partial charge < -0.3 is 14.8 Å². The summed E-state index contributed by atoms with van der Waals surface area (Å²) in [6.45, 7) is 5.04. The van der Waals surface area contributed by atoms with Crippen LogP contribution < -0.4 is 14.8 Å².